The van der Waals surface area contributed by atoms with Gasteiger partial charge in [-0.15, -0.1) is 0 Å². The number of hydrogen-bond acceptors (Lipinski definition) is 7. The van der Waals surface area contributed by atoms with Gasteiger partial charge in [0, 0.05) is 12.0 Å². The highest BCUT2D eigenvalue weighted by atomic mass is 32.1. The summed E-state index contributed by atoms with van der Waals surface area (Å²) in [5.41, 5.74) is 2.32. The number of amides is 1. The third-order valence-corrected chi connectivity index (χ3v) is 7.61. The van der Waals surface area contributed by atoms with Crippen molar-refractivity contribution in [2.45, 2.75) is 25.5 Å². The second-order valence-electron chi connectivity index (χ2n) is 9.01. The molecule has 1 fully saturated rings. The summed E-state index contributed by atoms with van der Waals surface area (Å²) < 4.78 is 25.6. The number of rotatable bonds is 4. The minimum atomic E-state index is -0.994. The summed E-state index contributed by atoms with van der Waals surface area (Å²) in [4.78, 5) is 32.7. The average molecular weight is 517 g/mol. The summed E-state index contributed by atoms with van der Waals surface area (Å²) in [5.74, 6) is -1.06. The maximum Gasteiger partial charge on any atom is 0.301 e. The lowest BCUT2D eigenvalue weighted by Crippen LogP contribution is -2.29. The molecule has 0 bridgehead atoms. The topological polar surface area (TPSA) is 89.0 Å². The van der Waals surface area contributed by atoms with E-state index in [4.69, 9.17) is 9.47 Å². The predicted octanol–water partition coefficient (Wildman–Crippen LogP) is 5.39. The van der Waals surface area contributed by atoms with E-state index in [-0.39, 0.29) is 22.6 Å². The molecule has 3 heterocycles. The SMILES string of the molecule is COc1ccc2nc(N3C(=O)C(=O)/C(=C(/O)c4ccc5c(c4)C[C@H](C)O5)[C@@H]3c3ccc(F)cc3)sc2c1. The standard InChI is InChI=1S/C28H21FN2O5S/c1-14-11-17-12-16(5-10-21(17)36-14)25(32)23-24(15-3-6-18(29)7-4-15)31(27(34)26(23)33)28-30-20-9-8-19(35-2)13-22(20)37-28/h3-10,12-14,24,32H,11H2,1-2H3/b25-23+/t14-,24-/m0/s1. The minimum absolute atomic E-state index is 0.00912. The number of carbonyl (C=O) groups is 2. The molecular formula is C28H21FN2O5S. The van der Waals surface area contributed by atoms with Gasteiger partial charge in [-0.25, -0.2) is 9.37 Å². The average Bonchev–Trinajstić information content (AvgIpc) is 3.55. The molecule has 7 nitrogen and oxygen atoms in total. The molecule has 9 heteroatoms. The van der Waals surface area contributed by atoms with Gasteiger partial charge in [0.15, 0.2) is 5.13 Å². The van der Waals surface area contributed by atoms with Crippen LogP contribution in [0, 0.1) is 5.82 Å². The van der Waals surface area contributed by atoms with Gasteiger partial charge in [0.05, 0.1) is 28.9 Å². The van der Waals surface area contributed by atoms with E-state index < -0.39 is 23.5 Å². The van der Waals surface area contributed by atoms with Gasteiger partial charge in [-0.05, 0) is 66.6 Å². The van der Waals surface area contributed by atoms with Crippen molar-refractivity contribution in [1.29, 1.82) is 0 Å². The molecule has 2 aliphatic heterocycles. The number of hydrogen-bond donors (Lipinski definition) is 1. The summed E-state index contributed by atoms with van der Waals surface area (Å²) >= 11 is 1.22. The number of aliphatic hydroxyl groups is 1. The molecule has 186 valence electrons. The van der Waals surface area contributed by atoms with Crippen LogP contribution in [-0.2, 0) is 16.0 Å². The highest BCUT2D eigenvalue weighted by molar-refractivity contribution is 7.22. The third-order valence-electron chi connectivity index (χ3n) is 6.59. The summed E-state index contributed by atoms with van der Waals surface area (Å²) in [6.45, 7) is 1.95. The van der Waals surface area contributed by atoms with Crippen molar-refractivity contribution in [3.05, 3.63) is 88.7 Å². The number of anilines is 1. The number of aromatic nitrogens is 1. The van der Waals surface area contributed by atoms with Crippen molar-refractivity contribution in [3.63, 3.8) is 0 Å². The fraction of sp³-hybridized carbons (Fsp3) is 0.179. The number of nitrogens with zero attached hydrogens (tertiary/aromatic N) is 2. The Labute approximate surface area is 215 Å². The van der Waals surface area contributed by atoms with Crippen molar-refractivity contribution in [2.75, 3.05) is 12.0 Å². The van der Waals surface area contributed by atoms with Gasteiger partial charge in [-0.2, -0.15) is 0 Å². The predicted molar refractivity (Wildman–Crippen MR) is 138 cm³/mol. The smallest absolute Gasteiger partial charge is 0.301 e. The molecule has 0 saturated carbocycles. The Kier molecular flexibility index (Phi) is 5.45. The van der Waals surface area contributed by atoms with Crippen LogP contribution >= 0.6 is 11.3 Å². The zero-order valence-electron chi connectivity index (χ0n) is 19.9. The second-order valence-corrected chi connectivity index (χ2v) is 10.0. The molecule has 1 N–H and O–H groups in total. The number of benzene rings is 3. The summed E-state index contributed by atoms with van der Waals surface area (Å²) in [6.07, 6.45) is 0.677. The molecule has 2 aliphatic rings. The van der Waals surface area contributed by atoms with E-state index in [1.165, 1.54) is 40.5 Å². The minimum Gasteiger partial charge on any atom is -0.507 e. The Morgan fingerprint density at radius 3 is 2.68 bits per heavy atom. The molecular weight excluding hydrogens is 495 g/mol. The molecule has 0 radical (unpaired) electrons. The highest BCUT2D eigenvalue weighted by Gasteiger charge is 2.48. The first kappa shape index (κ1) is 23.2. The molecule has 6 rings (SSSR count). The molecule has 0 spiro atoms. The normalized spacial score (nSPS) is 20.4. The number of thiazole rings is 1. The van der Waals surface area contributed by atoms with Gasteiger partial charge in [-0.3, -0.25) is 14.5 Å². The van der Waals surface area contributed by atoms with Crippen molar-refractivity contribution < 1.29 is 28.6 Å². The van der Waals surface area contributed by atoms with Crippen molar-refractivity contribution in [2.24, 2.45) is 0 Å². The van der Waals surface area contributed by atoms with E-state index >= 15 is 0 Å². The number of Topliss-reactive ketones (excluding diaryl/α,β-unsaturated/α-hetero) is 1. The Morgan fingerprint density at radius 2 is 1.92 bits per heavy atom. The largest absolute Gasteiger partial charge is 0.507 e. The number of methoxy groups -OCH3 is 1. The first-order chi connectivity index (χ1) is 17.8. The zero-order valence-corrected chi connectivity index (χ0v) is 20.7. The molecule has 0 aliphatic carbocycles. The van der Waals surface area contributed by atoms with E-state index in [9.17, 15) is 19.1 Å². The Hall–Kier alpha value is -4.24. The van der Waals surface area contributed by atoms with Gasteiger partial charge in [0.2, 0.25) is 0 Å². The van der Waals surface area contributed by atoms with E-state index in [0.717, 1.165) is 16.0 Å². The van der Waals surface area contributed by atoms with Crippen molar-refractivity contribution in [3.8, 4) is 11.5 Å². The van der Waals surface area contributed by atoms with Crippen LogP contribution in [0.2, 0.25) is 0 Å². The van der Waals surface area contributed by atoms with Crippen molar-refractivity contribution >= 4 is 44.1 Å². The van der Waals surface area contributed by atoms with Gasteiger partial charge in [0.25, 0.3) is 5.78 Å². The lowest BCUT2D eigenvalue weighted by Gasteiger charge is -2.23. The highest BCUT2D eigenvalue weighted by Crippen LogP contribution is 2.45. The fourth-order valence-corrected chi connectivity index (χ4v) is 5.86. The number of ether oxygens (including phenoxy) is 2. The van der Waals surface area contributed by atoms with Crippen LogP contribution < -0.4 is 14.4 Å². The Balaban J connectivity index is 1.52. The summed E-state index contributed by atoms with van der Waals surface area (Å²) in [5, 5.41) is 11.7. The van der Waals surface area contributed by atoms with Gasteiger partial charge >= 0.3 is 5.91 Å². The van der Waals surface area contributed by atoms with Crippen LogP contribution in [0.1, 0.15) is 29.7 Å². The van der Waals surface area contributed by atoms with Crippen LogP contribution in [0.5, 0.6) is 11.5 Å². The summed E-state index contributed by atoms with van der Waals surface area (Å²) in [6, 6.07) is 15.0. The number of fused-ring (bicyclic) bond motifs is 2. The van der Waals surface area contributed by atoms with E-state index in [1.54, 1.807) is 43.5 Å². The number of ketones is 1. The molecule has 1 amide bonds. The van der Waals surface area contributed by atoms with Crippen LogP contribution in [0.4, 0.5) is 9.52 Å². The van der Waals surface area contributed by atoms with E-state index in [0.29, 0.717) is 28.8 Å². The lowest BCUT2D eigenvalue weighted by atomic mass is 9.94. The van der Waals surface area contributed by atoms with Gasteiger partial charge in [0.1, 0.15) is 29.2 Å². The second kappa shape index (κ2) is 8.70. The van der Waals surface area contributed by atoms with Crippen LogP contribution in [0.25, 0.3) is 16.0 Å². The molecule has 1 saturated heterocycles. The monoisotopic (exact) mass is 516 g/mol. The lowest BCUT2D eigenvalue weighted by molar-refractivity contribution is -0.132. The molecule has 4 aromatic rings. The maximum absolute atomic E-state index is 13.8. The van der Waals surface area contributed by atoms with Crippen LogP contribution in [0.15, 0.2) is 66.2 Å². The molecule has 1 aromatic heterocycles. The molecule has 0 unspecified atom stereocenters. The van der Waals surface area contributed by atoms with Crippen LogP contribution in [-0.4, -0.2) is 35.0 Å². The maximum atomic E-state index is 13.8. The first-order valence-electron chi connectivity index (χ1n) is 11.6. The number of carbonyl (C=O) groups excluding carboxylic acids is 2. The summed E-state index contributed by atoms with van der Waals surface area (Å²) in [7, 11) is 1.56. The van der Waals surface area contributed by atoms with Crippen LogP contribution in [0.3, 0.4) is 0 Å². The molecule has 37 heavy (non-hydrogen) atoms. The Bertz CT molecular complexity index is 1610. The zero-order chi connectivity index (χ0) is 25.8. The van der Waals surface area contributed by atoms with Crippen molar-refractivity contribution in [1.82, 2.24) is 4.98 Å². The number of aliphatic hydroxyl groups excluding tert-OH is 1. The van der Waals surface area contributed by atoms with E-state index in [2.05, 4.69) is 4.98 Å². The molecule has 3 aromatic carbocycles. The van der Waals surface area contributed by atoms with Gasteiger partial charge in [-0.1, -0.05) is 23.5 Å². The Morgan fingerprint density at radius 1 is 1.14 bits per heavy atom. The third kappa shape index (κ3) is 3.82. The van der Waals surface area contributed by atoms with Gasteiger partial charge < -0.3 is 14.6 Å². The fourth-order valence-electron chi connectivity index (χ4n) is 4.84. The quantitative estimate of drug-likeness (QED) is 0.222. The first-order valence-corrected chi connectivity index (χ1v) is 12.5. The number of halogens is 1. The van der Waals surface area contributed by atoms with E-state index in [1.807, 2.05) is 6.92 Å². The molecule has 2 atom stereocenters.